The molecule has 0 spiro atoms. The summed E-state index contributed by atoms with van der Waals surface area (Å²) in [4.78, 5) is 34.2. The summed E-state index contributed by atoms with van der Waals surface area (Å²) in [5.74, 6) is 0.667. The monoisotopic (exact) mass is 582 g/mol. The predicted molar refractivity (Wildman–Crippen MR) is 151 cm³/mol. The van der Waals surface area contributed by atoms with Gasteiger partial charge in [-0.05, 0) is 43.7 Å². The number of thiazole rings is 1. The fourth-order valence-corrected chi connectivity index (χ4v) is 6.28. The maximum Gasteiger partial charge on any atom is 0.291 e. The Labute approximate surface area is 228 Å². The molecule has 9 heteroatoms. The third kappa shape index (κ3) is 3.46. The summed E-state index contributed by atoms with van der Waals surface area (Å²) in [6.07, 6.45) is 0. The highest BCUT2D eigenvalue weighted by atomic mass is 79.9. The Morgan fingerprint density at radius 2 is 1.79 bits per heavy atom. The highest BCUT2D eigenvalue weighted by Gasteiger charge is 2.35. The van der Waals surface area contributed by atoms with Crippen molar-refractivity contribution in [3.8, 4) is 11.6 Å². The van der Waals surface area contributed by atoms with Crippen LogP contribution in [0.2, 0.25) is 0 Å². The van der Waals surface area contributed by atoms with Crippen LogP contribution in [0.25, 0.3) is 33.1 Å². The molecule has 7 rings (SSSR count). The number of para-hydroxylation sites is 1. The number of carbonyl (C=O) groups is 1. The summed E-state index contributed by atoms with van der Waals surface area (Å²) in [6, 6.07) is 21.5. The number of hydrogen-bond acceptors (Lipinski definition) is 6. The van der Waals surface area contributed by atoms with Crippen molar-refractivity contribution in [1.82, 2.24) is 14.6 Å². The fraction of sp³-hybridized carbons (Fsp3) is 0.103. The van der Waals surface area contributed by atoms with Gasteiger partial charge in [0.25, 0.3) is 11.5 Å². The lowest BCUT2D eigenvalue weighted by molar-refractivity contribution is -0.113. The van der Waals surface area contributed by atoms with Crippen LogP contribution in [0.4, 0.5) is 5.69 Å². The third-order valence-electron chi connectivity index (χ3n) is 6.87. The van der Waals surface area contributed by atoms with Gasteiger partial charge in [0.2, 0.25) is 10.8 Å². The van der Waals surface area contributed by atoms with Crippen molar-refractivity contribution in [2.45, 2.75) is 20.4 Å². The molecule has 4 heterocycles. The van der Waals surface area contributed by atoms with Crippen molar-refractivity contribution in [2.24, 2.45) is 0 Å². The van der Waals surface area contributed by atoms with E-state index >= 15 is 0 Å². The zero-order valence-electron chi connectivity index (χ0n) is 20.4. The SMILES string of the molecule is Cc1ccc(CN2C(=O)/C(=c3\sc4nc(-c5oc6ccccc6c5C)nn4c3=O)c3cc(Br)ccc32)cc1. The molecule has 3 aromatic carbocycles. The number of aryl methyl sites for hydroxylation is 2. The number of rotatable bonds is 3. The lowest BCUT2D eigenvalue weighted by atomic mass is 10.1. The smallest absolute Gasteiger partial charge is 0.291 e. The molecular weight excluding hydrogens is 564 g/mol. The molecule has 1 amide bonds. The zero-order chi connectivity index (χ0) is 26.1. The summed E-state index contributed by atoms with van der Waals surface area (Å²) in [5.41, 5.74) is 5.30. The number of nitrogens with zero attached hydrogens (tertiary/aromatic N) is 4. The number of furan rings is 1. The third-order valence-corrected chi connectivity index (χ3v) is 8.39. The minimum Gasteiger partial charge on any atom is -0.452 e. The molecular formula is C29H19BrN4O3S. The number of anilines is 1. The first-order chi connectivity index (χ1) is 18.4. The molecule has 38 heavy (non-hydrogen) atoms. The maximum absolute atomic E-state index is 13.8. The second-order valence-electron chi connectivity index (χ2n) is 9.33. The Balaban J connectivity index is 1.38. The highest BCUT2D eigenvalue weighted by molar-refractivity contribution is 9.10. The molecule has 0 fully saturated rings. The van der Waals surface area contributed by atoms with E-state index in [0.29, 0.717) is 38.8 Å². The van der Waals surface area contributed by atoms with Gasteiger partial charge in [0, 0.05) is 21.0 Å². The average Bonchev–Trinajstić information content (AvgIpc) is 3.62. The van der Waals surface area contributed by atoms with E-state index in [1.54, 1.807) is 4.90 Å². The van der Waals surface area contributed by atoms with Gasteiger partial charge in [0.1, 0.15) is 10.1 Å². The van der Waals surface area contributed by atoms with Gasteiger partial charge >= 0.3 is 0 Å². The van der Waals surface area contributed by atoms with Crippen LogP contribution in [0.1, 0.15) is 22.3 Å². The Hall–Kier alpha value is -4.08. The summed E-state index contributed by atoms with van der Waals surface area (Å²) in [5, 5.41) is 5.46. The molecule has 1 aliphatic rings. The Morgan fingerprint density at radius 1 is 1.00 bits per heavy atom. The fourth-order valence-electron chi connectivity index (χ4n) is 4.92. The lowest BCUT2D eigenvalue weighted by Crippen LogP contribution is -2.32. The van der Waals surface area contributed by atoms with Gasteiger partial charge in [-0.15, -0.1) is 5.10 Å². The van der Waals surface area contributed by atoms with Crippen LogP contribution in [0.3, 0.4) is 0 Å². The molecule has 0 unspecified atom stereocenters. The number of amides is 1. The van der Waals surface area contributed by atoms with Gasteiger partial charge in [-0.3, -0.25) is 9.59 Å². The standard InChI is InChI=1S/C29H19BrN4O3S/c1-15-7-9-17(10-8-15)14-33-21-12-11-18(30)13-20(21)23(27(33)35)25-28(36)34-29(38-25)31-26(32-34)24-16(2)19-5-3-4-6-22(19)37-24/h3-13H,14H2,1-2H3/b25-23-. The number of fused-ring (bicyclic) bond motifs is 3. The molecule has 0 radical (unpaired) electrons. The lowest BCUT2D eigenvalue weighted by Gasteiger charge is -2.17. The van der Waals surface area contributed by atoms with Crippen LogP contribution >= 0.6 is 27.3 Å². The van der Waals surface area contributed by atoms with Gasteiger partial charge in [0.15, 0.2) is 5.76 Å². The van der Waals surface area contributed by atoms with Crippen LogP contribution in [-0.2, 0) is 11.3 Å². The van der Waals surface area contributed by atoms with E-state index in [1.807, 2.05) is 80.6 Å². The number of carbonyl (C=O) groups excluding carboxylic acids is 1. The highest BCUT2D eigenvalue weighted by Crippen LogP contribution is 2.38. The first-order valence-corrected chi connectivity index (χ1v) is 13.6. The van der Waals surface area contributed by atoms with Crippen LogP contribution in [0.5, 0.6) is 0 Å². The molecule has 0 aliphatic carbocycles. The first kappa shape index (κ1) is 23.1. The van der Waals surface area contributed by atoms with Crippen LogP contribution in [0.15, 0.2) is 80.4 Å². The van der Waals surface area contributed by atoms with Crippen LogP contribution in [0, 0.1) is 13.8 Å². The number of halogens is 1. The first-order valence-electron chi connectivity index (χ1n) is 12.0. The second kappa shape index (κ2) is 8.47. The second-order valence-corrected chi connectivity index (χ2v) is 11.2. The van der Waals surface area contributed by atoms with Crippen molar-refractivity contribution in [2.75, 3.05) is 4.90 Å². The van der Waals surface area contributed by atoms with E-state index in [1.165, 1.54) is 15.9 Å². The van der Waals surface area contributed by atoms with Crippen molar-refractivity contribution >= 4 is 60.4 Å². The van der Waals surface area contributed by atoms with Crippen molar-refractivity contribution in [3.05, 3.63) is 108 Å². The van der Waals surface area contributed by atoms with Crippen molar-refractivity contribution in [3.63, 3.8) is 0 Å². The van der Waals surface area contributed by atoms with E-state index in [2.05, 4.69) is 26.0 Å². The summed E-state index contributed by atoms with van der Waals surface area (Å²) in [6.45, 7) is 4.38. The Kier molecular flexibility index (Phi) is 5.14. The van der Waals surface area contributed by atoms with E-state index in [9.17, 15) is 9.59 Å². The maximum atomic E-state index is 13.8. The molecule has 1 aliphatic heterocycles. The molecule has 3 aromatic heterocycles. The molecule has 7 nitrogen and oxygen atoms in total. The minimum absolute atomic E-state index is 0.214. The predicted octanol–water partition coefficient (Wildman–Crippen LogP) is 5.41. The minimum atomic E-state index is -0.371. The van der Waals surface area contributed by atoms with E-state index in [0.717, 1.165) is 37.8 Å². The summed E-state index contributed by atoms with van der Waals surface area (Å²) >= 11 is 4.69. The van der Waals surface area contributed by atoms with Crippen LogP contribution in [-0.4, -0.2) is 20.5 Å². The normalized spacial score (nSPS) is 14.7. The largest absolute Gasteiger partial charge is 0.452 e. The molecule has 0 saturated heterocycles. The molecule has 0 saturated carbocycles. The van der Waals surface area contributed by atoms with Gasteiger partial charge in [0.05, 0.1) is 17.8 Å². The number of benzene rings is 3. The van der Waals surface area contributed by atoms with Gasteiger partial charge in [-0.1, -0.05) is 75.3 Å². The number of hydrogen-bond donors (Lipinski definition) is 0. The Morgan fingerprint density at radius 3 is 2.55 bits per heavy atom. The van der Waals surface area contributed by atoms with E-state index in [-0.39, 0.29) is 11.5 Å². The van der Waals surface area contributed by atoms with E-state index in [4.69, 9.17) is 4.42 Å². The van der Waals surface area contributed by atoms with Gasteiger partial charge < -0.3 is 9.32 Å². The molecule has 0 atom stereocenters. The molecule has 6 aromatic rings. The topological polar surface area (TPSA) is 80.7 Å². The average molecular weight is 583 g/mol. The van der Waals surface area contributed by atoms with E-state index < -0.39 is 0 Å². The summed E-state index contributed by atoms with van der Waals surface area (Å²) in [7, 11) is 0. The number of aromatic nitrogens is 3. The molecule has 0 N–H and O–H groups in total. The Bertz CT molecular complexity index is 2040. The van der Waals surface area contributed by atoms with Crippen molar-refractivity contribution in [1.29, 1.82) is 0 Å². The van der Waals surface area contributed by atoms with Gasteiger partial charge in [-0.25, -0.2) is 0 Å². The zero-order valence-corrected chi connectivity index (χ0v) is 22.8. The quantitative estimate of drug-likeness (QED) is 0.279. The van der Waals surface area contributed by atoms with Gasteiger partial charge in [-0.2, -0.15) is 9.50 Å². The molecule has 0 bridgehead atoms. The summed E-state index contributed by atoms with van der Waals surface area (Å²) < 4.78 is 8.42. The van der Waals surface area contributed by atoms with Crippen LogP contribution < -0.4 is 15.0 Å². The van der Waals surface area contributed by atoms with Crippen molar-refractivity contribution < 1.29 is 9.21 Å². The molecule has 186 valence electrons.